The molecule has 0 spiro atoms. The number of hydrogen-bond donors (Lipinski definition) is 4. The number of ether oxygens (including phenoxy) is 4. The number of nitrogens with zero attached hydrogens (tertiary/aromatic N) is 1. The molecular formula is C33H39NO11. The van der Waals surface area contributed by atoms with E-state index in [9.17, 15) is 34.8 Å². The van der Waals surface area contributed by atoms with Gasteiger partial charge in [0, 0.05) is 49.4 Å². The van der Waals surface area contributed by atoms with Crippen molar-refractivity contribution in [2.45, 2.75) is 88.3 Å². The Kier molecular flexibility index (Phi) is 8.25. The molecule has 2 heterocycles. The number of methoxy groups -OCH3 is 2. The molecule has 0 radical (unpaired) electrons. The van der Waals surface area contributed by atoms with Crippen LogP contribution < -0.4 is 4.74 Å². The van der Waals surface area contributed by atoms with Gasteiger partial charge in [0.15, 0.2) is 23.5 Å². The maximum Gasteiger partial charge on any atom is 0.202 e. The monoisotopic (exact) mass is 625 g/mol. The van der Waals surface area contributed by atoms with E-state index in [2.05, 4.69) is 4.90 Å². The predicted molar refractivity (Wildman–Crippen MR) is 158 cm³/mol. The average molecular weight is 626 g/mol. The summed E-state index contributed by atoms with van der Waals surface area (Å²) < 4.78 is 23.2. The van der Waals surface area contributed by atoms with Gasteiger partial charge in [0.05, 0.1) is 42.1 Å². The lowest BCUT2D eigenvalue weighted by atomic mass is 9.71. The number of fused-ring (bicyclic) bond motifs is 3. The van der Waals surface area contributed by atoms with E-state index in [0.29, 0.717) is 13.1 Å². The van der Waals surface area contributed by atoms with Crippen molar-refractivity contribution >= 4 is 17.3 Å². The molecule has 4 N–H and O–H groups in total. The van der Waals surface area contributed by atoms with E-state index in [0.717, 1.165) is 12.8 Å². The first kappa shape index (κ1) is 31.6. The molecule has 2 fully saturated rings. The van der Waals surface area contributed by atoms with Gasteiger partial charge in [-0.25, -0.2) is 0 Å². The molecule has 242 valence electrons. The second kappa shape index (κ2) is 11.8. The highest BCUT2D eigenvalue weighted by Crippen LogP contribution is 2.53. The standard InChI is InChI=1S/C33H39NO11/c1-15-27(36)20(34-12-9-17(42-3)10-13-34)14-22(44-15)45-32-24-19(8-11-33(32,41)16(2)35)29(38)25-26(31(24)40)30(39)23-18(28(25)37)6-5-7-21(23)43-4/h5-7,15,17,20,22,27,32,36,38,40-41H,8-14H2,1-4H3. The molecule has 2 saturated heterocycles. The number of aliphatic hydroxyl groups excluding tert-OH is 1. The minimum absolute atomic E-state index is 0.0223. The molecule has 12 nitrogen and oxygen atoms in total. The molecule has 12 heteroatoms. The summed E-state index contributed by atoms with van der Waals surface area (Å²) >= 11 is 0. The number of carbonyl (C=O) groups is 3. The lowest BCUT2D eigenvalue weighted by Crippen LogP contribution is -2.58. The number of ketones is 3. The lowest BCUT2D eigenvalue weighted by molar-refractivity contribution is -0.274. The fourth-order valence-electron chi connectivity index (χ4n) is 7.45. The van der Waals surface area contributed by atoms with Crippen molar-refractivity contribution in [3.05, 3.63) is 51.6 Å². The number of rotatable bonds is 6. The van der Waals surface area contributed by atoms with Crippen LogP contribution in [0.4, 0.5) is 0 Å². The lowest BCUT2D eigenvalue weighted by Gasteiger charge is -2.47. The van der Waals surface area contributed by atoms with Crippen molar-refractivity contribution in [2.75, 3.05) is 27.3 Å². The van der Waals surface area contributed by atoms with Gasteiger partial charge in [0.25, 0.3) is 0 Å². The zero-order chi connectivity index (χ0) is 32.4. The van der Waals surface area contributed by atoms with Crippen LogP contribution in [0.2, 0.25) is 0 Å². The number of piperidine rings is 1. The molecule has 0 aromatic heterocycles. The number of aromatic hydroxyl groups is 2. The van der Waals surface area contributed by atoms with Crippen LogP contribution in [0.5, 0.6) is 17.2 Å². The van der Waals surface area contributed by atoms with Gasteiger partial charge in [-0.1, -0.05) is 12.1 Å². The molecule has 0 saturated carbocycles. The summed E-state index contributed by atoms with van der Waals surface area (Å²) in [7, 11) is 3.02. The topological polar surface area (TPSA) is 172 Å². The van der Waals surface area contributed by atoms with Crippen LogP contribution >= 0.6 is 0 Å². The van der Waals surface area contributed by atoms with Gasteiger partial charge in [-0.2, -0.15) is 0 Å². The number of hydrogen-bond acceptors (Lipinski definition) is 12. The van der Waals surface area contributed by atoms with Gasteiger partial charge in [0.1, 0.15) is 23.4 Å². The van der Waals surface area contributed by atoms with E-state index in [1.165, 1.54) is 26.2 Å². The van der Waals surface area contributed by atoms with Crippen LogP contribution in [0.25, 0.3) is 0 Å². The quantitative estimate of drug-likeness (QED) is 0.295. The molecule has 2 aliphatic carbocycles. The Hall–Kier alpha value is -3.39. The first-order valence-corrected chi connectivity index (χ1v) is 15.3. The molecule has 4 aliphatic rings. The van der Waals surface area contributed by atoms with Crippen LogP contribution in [0.3, 0.4) is 0 Å². The number of benzene rings is 2. The number of phenolic OH excluding ortho intramolecular Hbond substituents is 2. The summed E-state index contributed by atoms with van der Waals surface area (Å²) in [6.45, 7) is 4.27. The number of carbonyl (C=O) groups excluding carboxylic acids is 3. The van der Waals surface area contributed by atoms with Crippen LogP contribution in [-0.2, 0) is 25.4 Å². The summed E-state index contributed by atoms with van der Waals surface area (Å²) in [5.41, 5.74) is -3.07. The van der Waals surface area contributed by atoms with Gasteiger partial charge < -0.3 is 39.4 Å². The fraction of sp³-hybridized carbons (Fsp3) is 0.545. The molecule has 6 atom stereocenters. The number of likely N-dealkylation sites (tertiary alicyclic amines) is 1. The van der Waals surface area contributed by atoms with Gasteiger partial charge in [-0.3, -0.25) is 19.3 Å². The van der Waals surface area contributed by atoms with Gasteiger partial charge in [-0.05, 0) is 45.6 Å². The Labute approximate surface area is 260 Å². The van der Waals surface area contributed by atoms with Gasteiger partial charge in [0.2, 0.25) is 5.78 Å². The predicted octanol–water partition coefficient (Wildman–Crippen LogP) is 2.18. The average Bonchev–Trinajstić information content (AvgIpc) is 3.03. The maximum atomic E-state index is 13.9. The normalized spacial score (nSPS) is 30.4. The van der Waals surface area contributed by atoms with Crippen molar-refractivity contribution in [1.29, 1.82) is 0 Å². The SMILES string of the molecule is COc1cccc2c1C(=O)c1c(O)c3c(c(O)c1C2=O)CCC(O)(C(C)=O)C3OC1CC(N2CCC(OC)CC2)C(O)C(C)O1. The summed E-state index contributed by atoms with van der Waals surface area (Å²) in [5, 5.41) is 46.1. The van der Waals surface area contributed by atoms with Crippen LogP contribution in [0.1, 0.15) is 88.6 Å². The Morgan fingerprint density at radius 3 is 2.38 bits per heavy atom. The largest absolute Gasteiger partial charge is 0.507 e. The van der Waals surface area contributed by atoms with E-state index in [4.69, 9.17) is 18.9 Å². The Morgan fingerprint density at radius 1 is 1.04 bits per heavy atom. The van der Waals surface area contributed by atoms with E-state index < -0.39 is 64.6 Å². The van der Waals surface area contributed by atoms with Crippen molar-refractivity contribution in [3.63, 3.8) is 0 Å². The zero-order valence-corrected chi connectivity index (χ0v) is 25.7. The molecular weight excluding hydrogens is 586 g/mol. The van der Waals surface area contributed by atoms with E-state index in [1.807, 2.05) is 0 Å². The third-order valence-electron chi connectivity index (χ3n) is 10.1. The summed E-state index contributed by atoms with van der Waals surface area (Å²) in [5.74, 6) is -3.14. The summed E-state index contributed by atoms with van der Waals surface area (Å²) in [6.07, 6.45) is -2.47. The minimum atomic E-state index is -2.16. The fourth-order valence-corrected chi connectivity index (χ4v) is 7.45. The first-order chi connectivity index (χ1) is 21.4. The maximum absolute atomic E-state index is 13.9. The molecule has 6 unspecified atom stereocenters. The molecule has 0 bridgehead atoms. The van der Waals surface area contributed by atoms with Gasteiger partial charge >= 0.3 is 0 Å². The molecule has 45 heavy (non-hydrogen) atoms. The molecule has 2 aliphatic heterocycles. The highest BCUT2D eigenvalue weighted by atomic mass is 16.7. The molecule has 0 amide bonds. The molecule has 2 aromatic rings. The van der Waals surface area contributed by atoms with E-state index in [1.54, 1.807) is 20.1 Å². The van der Waals surface area contributed by atoms with Crippen LogP contribution in [-0.4, -0.2) is 106 Å². The highest BCUT2D eigenvalue weighted by Gasteiger charge is 2.53. The molecule has 6 rings (SSSR count). The van der Waals surface area contributed by atoms with Gasteiger partial charge in [-0.15, -0.1) is 0 Å². The Bertz CT molecular complexity index is 1550. The third-order valence-corrected chi connectivity index (χ3v) is 10.1. The van der Waals surface area contributed by atoms with Crippen molar-refractivity contribution < 1.29 is 53.8 Å². The van der Waals surface area contributed by atoms with Crippen molar-refractivity contribution in [3.8, 4) is 17.2 Å². The Morgan fingerprint density at radius 2 is 1.73 bits per heavy atom. The number of aliphatic hydroxyl groups is 2. The zero-order valence-electron chi connectivity index (χ0n) is 25.7. The van der Waals surface area contributed by atoms with Crippen LogP contribution in [0, 0.1) is 0 Å². The second-order valence-electron chi connectivity index (χ2n) is 12.4. The smallest absolute Gasteiger partial charge is 0.202 e. The summed E-state index contributed by atoms with van der Waals surface area (Å²) in [4.78, 5) is 42.7. The van der Waals surface area contributed by atoms with Crippen LogP contribution in [0.15, 0.2) is 18.2 Å². The van der Waals surface area contributed by atoms with E-state index in [-0.39, 0.29) is 65.0 Å². The van der Waals surface area contributed by atoms with E-state index >= 15 is 0 Å². The third kappa shape index (κ3) is 4.95. The minimum Gasteiger partial charge on any atom is -0.507 e. The first-order valence-electron chi connectivity index (χ1n) is 15.3. The Balaban J connectivity index is 1.42. The molecule has 2 aromatic carbocycles. The number of phenols is 2. The van der Waals surface area contributed by atoms with Crippen molar-refractivity contribution in [2.24, 2.45) is 0 Å². The summed E-state index contributed by atoms with van der Waals surface area (Å²) in [6, 6.07) is 4.14. The second-order valence-corrected chi connectivity index (χ2v) is 12.4. The highest BCUT2D eigenvalue weighted by molar-refractivity contribution is 6.31. The number of Topliss-reactive ketones (excluding diaryl/α,β-unsaturated/α-hetero) is 1. The van der Waals surface area contributed by atoms with Crippen molar-refractivity contribution in [1.82, 2.24) is 4.90 Å².